The monoisotopic (exact) mass is 389 g/mol. The Morgan fingerprint density at radius 1 is 1.30 bits per heavy atom. The Hall–Kier alpha value is -2.67. The highest BCUT2D eigenvalue weighted by atomic mass is 35.5. The van der Waals surface area contributed by atoms with E-state index in [-0.39, 0.29) is 11.9 Å². The van der Waals surface area contributed by atoms with Crippen LogP contribution in [0.1, 0.15) is 31.9 Å². The fourth-order valence-electron chi connectivity index (χ4n) is 2.95. The average molecular weight is 390 g/mol. The van der Waals surface area contributed by atoms with E-state index in [9.17, 15) is 14.9 Å². The standard InChI is InChI=1S/C19H20ClN3O4/c1-19(2,3)27-18(24)22-7-6-12-8-13(4-5-14(12)11-22)15-9-17(23(25)26)21-10-16(15)20/h4-5,8-10H,6-7,11H2,1-3H3. The van der Waals surface area contributed by atoms with Gasteiger partial charge in [0, 0.05) is 24.7 Å². The lowest BCUT2D eigenvalue weighted by Crippen LogP contribution is -2.39. The van der Waals surface area contributed by atoms with Crippen molar-refractivity contribution < 1.29 is 14.5 Å². The third kappa shape index (κ3) is 4.36. The van der Waals surface area contributed by atoms with Crippen LogP contribution in [0, 0.1) is 10.1 Å². The second-order valence-electron chi connectivity index (χ2n) is 7.41. The maximum atomic E-state index is 12.3. The molecule has 0 N–H and O–H groups in total. The fraction of sp³-hybridized carbons (Fsp3) is 0.368. The maximum absolute atomic E-state index is 12.3. The topological polar surface area (TPSA) is 85.6 Å². The molecule has 1 amide bonds. The molecule has 1 aliphatic heterocycles. The number of hydrogen-bond donors (Lipinski definition) is 0. The van der Waals surface area contributed by atoms with Gasteiger partial charge in [0.1, 0.15) is 5.60 Å². The van der Waals surface area contributed by atoms with E-state index in [1.807, 2.05) is 39.0 Å². The summed E-state index contributed by atoms with van der Waals surface area (Å²) in [5.74, 6) is -0.247. The summed E-state index contributed by atoms with van der Waals surface area (Å²) in [5.41, 5.74) is 2.93. The Morgan fingerprint density at radius 3 is 2.70 bits per heavy atom. The number of ether oxygens (including phenoxy) is 1. The van der Waals surface area contributed by atoms with Gasteiger partial charge in [-0.25, -0.2) is 4.79 Å². The molecule has 2 heterocycles. The fourth-order valence-corrected chi connectivity index (χ4v) is 3.16. The van der Waals surface area contributed by atoms with Crippen LogP contribution in [-0.2, 0) is 17.7 Å². The van der Waals surface area contributed by atoms with E-state index in [1.54, 1.807) is 4.90 Å². The molecule has 3 rings (SSSR count). The number of nitro groups is 1. The molecule has 2 aromatic rings. The third-order valence-corrected chi connectivity index (χ3v) is 4.51. The number of carbonyl (C=O) groups is 1. The molecular weight excluding hydrogens is 370 g/mol. The summed E-state index contributed by atoms with van der Waals surface area (Å²) in [4.78, 5) is 28.1. The van der Waals surface area contributed by atoms with Crippen molar-refractivity contribution in [1.29, 1.82) is 0 Å². The Kier molecular flexibility index (Phi) is 5.06. The first-order valence-corrected chi connectivity index (χ1v) is 8.92. The molecular formula is C19H20ClN3O4. The summed E-state index contributed by atoms with van der Waals surface area (Å²) in [6, 6.07) is 7.11. The van der Waals surface area contributed by atoms with Crippen molar-refractivity contribution in [3.63, 3.8) is 0 Å². The van der Waals surface area contributed by atoms with E-state index >= 15 is 0 Å². The number of rotatable bonds is 2. The van der Waals surface area contributed by atoms with Crippen LogP contribution >= 0.6 is 11.6 Å². The second-order valence-corrected chi connectivity index (χ2v) is 7.82. The highest BCUT2D eigenvalue weighted by Gasteiger charge is 2.26. The zero-order valence-electron chi connectivity index (χ0n) is 15.4. The Bertz CT molecular complexity index is 908. The van der Waals surface area contributed by atoms with Crippen molar-refractivity contribution in [2.45, 2.75) is 39.3 Å². The maximum Gasteiger partial charge on any atom is 0.410 e. The Morgan fingerprint density at radius 2 is 2.04 bits per heavy atom. The normalized spacial score (nSPS) is 13.9. The van der Waals surface area contributed by atoms with E-state index < -0.39 is 10.5 Å². The van der Waals surface area contributed by atoms with E-state index in [2.05, 4.69) is 4.98 Å². The van der Waals surface area contributed by atoms with Crippen molar-refractivity contribution in [2.24, 2.45) is 0 Å². The molecule has 0 aliphatic carbocycles. The van der Waals surface area contributed by atoms with Gasteiger partial charge in [0.2, 0.25) is 0 Å². The summed E-state index contributed by atoms with van der Waals surface area (Å²) < 4.78 is 5.44. The third-order valence-electron chi connectivity index (χ3n) is 4.21. The number of fused-ring (bicyclic) bond motifs is 1. The van der Waals surface area contributed by atoms with Crippen LogP contribution in [-0.4, -0.2) is 33.0 Å². The van der Waals surface area contributed by atoms with Gasteiger partial charge in [-0.15, -0.1) is 0 Å². The molecule has 8 heteroatoms. The molecule has 0 spiro atoms. The first-order chi connectivity index (χ1) is 12.6. The number of carbonyl (C=O) groups excluding carboxylic acids is 1. The predicted octanol–water partition coefficient (Wildman–Crippen LogP) is 4.60. The molecule has 0 atom stereocenters. The minimum Gasteiger partial charge on any atom is -0.444 e. The average Bonchev–Trinajstić information content (AvgIpc) is 2.59. The predicted molar refractivity (Wildman–Crippen MR) is 102 cm³/mol. The SMILES string of the molecule is CC(C)(C)OC(=O)N1CCc2cc(-c3cc([N+](=O)[O-])ncc3Cl)ccc2C1. The number of hydrogen-bond acceptors (Lipinski definition) is 5. The molecule has 7 nitrogen and oxygen atoms in total. The van der Waals surface area contributed by atoms with Gasteiger partial charge in [-0.3, -0.25) is 0 Å². The van der Waals surface area contributed by atoms with Crippen LogP contribution in [0.3, 0.4) is 0 Å². The van der Waals surface area contributed by atoms with Crippen molar-refractivity contribution in [2.75, 3.05) is 6.54 Å². The first-order valence-electron chi connectivity index (χ1n) is 8.54. The van der Waals surface area contributed by atoms with E-state index in [1.165, 1.54) is 12.3 Å². The molecule has 0 saturated heterocycles. The molecule has 1 aliphatic rings. The van der Waals surface area contributed by atoms with Gasteiger partial charge < -0.3 is 19.8 Å². The van der Waals surface area contributed by atoms with Gasteiger partial charge >= 0.3 is 11.9 Å². The molecule has 0 bridgehead atoms. The summed E-state index contributed by atoms with van der Waals surface area (Å²) in [5, 5.41) is 11.3. The van der Waals surface area contributed by atoms with Crippen molar-refractivity contribution in [1.82, 2.24) is 9.88 Å². The van der Waals surface area contributed by atoms with Crippen LogP contribution < -0.4 is 0 Å². The van der Waals surface area contributed by atoms with Gasteiger partial charge in [0.15, 0.2) is 6.20 Å². The van der Waals surface area contributed by atoms with Gasteiger partial charge in [-0.2, -0.15) is 0 Å². The van der Waals surface area contributed by atoms with E-state index in [0.717, 1.165) is 16.7 Å². The lowest BCUT2D eigenvalue weighted by molar-refractivity contribution is -0.389. The highest BCUT2D eigenvalue weighted by Crippen LogP contribution is 2.32. The smallest absolute Gasteiger partial charge is 0.410 e. The Balaban J connectivity index is 1.85. The van der Waals surface area contributed by atoms with Gasteiger partial charge in [-0.05, 0) is 53.8 Å². The number of halogens is 1. The Labute approximate surface area is 162 Å². The van der Waals surface area contributed by atoms with Crippen LogP contribution in [0.25, 0.3) is 11.1 Å². The zero-order valence-corrected chi connectivity index (χ0v) is 16.1. The van der Waals surface area contributed by atoms with E-state index in [0.29, 0.717) is 30.1 Å². The van der Waals surface area contributed by atoms with Gasteiger partial charge in [0.25, 0.3) is 0 Å². The number of pyridine rings is 1. The minimum atomic E-state index is -0.545. The summed E-state index contributed by atoms with van der Waals surface area (Å²) in [6.45, 7) is 6.54. The zero-order chi connectivity index (χ0) is 19.8. The minimum absolute atomic E-state index is 0.247. The number of amides is 1. The van der Waals surface area contributed by atoms with Crippen molar-refractivity contribution >= 4 is 23.5 Å². The molecule has 1 aromatic carbocycles. The van der Waals surface area contributed by atoms with Crippen LogP contribution in [0.4, 0.5) is 10.6 Å². The summed E-state index contributed by atoms with van der Waals surface area (Å²) >= 11 is 6.19. The number of benzene rings is 1. The van der Waals surface area contributed by atoms with Crippen LogP contribution in [0.15, 0.2) is 30.5 Å². The molecule has 0 radical (unpaired) electrons. The molecule has 27 heavy (non-hydrogen) atoms. The molecule has 1 aromatic heterocycles. The molecule has 0 unspecified atom stereocenters. The number of nitrogens with zero attached hydrogens (tertiary/aromatic N) is 3. The summed E-state index contributed by atoms with van der Waals surface area (Å²) in [6.07, 6.45) is 1.64. The van der Waals surface area contributed by atoms with E-state index in [4.69, 9.17) is 16.3 Å². The molecule has 0 saturated carbocycles. The van der Waals surface area contributed by atoms with Crippen molar-refractivity contribution in [3.8, 4) is 11.1 Å². The quantitative estimate of drug-likeness (QED) is 0.553. The largest absolute Gasteiger partial charge is 0.444 e. The van der Waals surface area contributed by atoms with Crippen LogP contribution in [0.5, 0.6) is 0 Å². The highest BCUT2D eigenvalue weighted by molar-refractivity contribution is 6.33. The second kappa shape index (κ2) is 7.15. The lowest BCUT2D eigenvalue weighted by Gasteiger charge is -2.31. The molecule has 0 fully saturated rings. The lowest BCUT2D eigenvalue weighted by atomic mass is 9.95. The molecule has 142 valence electrons. The van der Waals surface area contributed by atoms with Gasteiger partial charge in [0.05, 0.1) is 5.02 Å². The van der Waals surface area contributed by atoms with Crippen molar-refractivity contribution in [3.05, 3.63) is 56.7 Å². The first kappa shape index (κ1) is 19.1. The summed E-state index contributed by atoms with van der Waals surface area (Å²) in [7, 11) is 0. The number of aromatic nitrogens is 1. The van der Waals surface area contributed by atoms with Gasteiger partial charge in [-0.1, -0.05) is 29.8 Å². The van der Waals surface area contributed by atoms with Crippen LogP contribution in [0.2, 0.25) is 5.02 Å².